The Morgan fingerprint density at radius 3 is 1.27 bits per heavy atom. The quantitative estimate of drug-likeness (QED) is 0.569. The molecule has 4 unspecified atom stereocenters. The fourth-order valence-electron chi connectivity index (χ4n) is 16.8. The van der Waals surface area contributed by atoms with Gasteiger partial charge in [0.25, 0.3) is 0 Å². The Kier molecular flexibility index (Phi) is 0.147. The summed E-state index contributed by atoms with van der Waals surface area (Å²) in [5.41, 5.74) is 0. The van der Waals surface area contributed by atoms with Crippen molar-refractivity contribution in [3.05, 3.63) is 0 Å². The van der Waals surface area contributed by atoms with Gasteiger partial charge in [0.15, 0.2) is 0 Å². The van der Waals surface area contributed by atoms with Crippen molar-refractivity contribution in [1.29, 1.82) is 0 Å². The van der Waals surface area contributed by atoms with Crippen LogP contribution in [0.1, 0.15) is 0 Å². The van der Waals surface area contributed by atoms with E-state index in [2.05, 4.69) is 0 Å². The van der Waals surface area contributed by atoms with Crippen molar-refractivity contribution < 1.29 is 15.6 Å². The summed E-state index contributed by atoms with van der Waals surface area (Å²) in [7, 11) is 0.954. The molecule has 0 bridgehead atoms. The first kappa shape index (κ1) is 5.57. The van der Waals surface area contributed by atoms with Crippen LogP contribution in [0.4, 0.5) is 0 Å². The molecule has 78 valence electrons. The molecule has 0 amide bonds. The van der Waals surface area contributed by atoms with Crippen molar-refractivity contribution in [2.75, 3.05) is 0 Å². The zero-order valence-electron chi connectivity index (χ0n) is 7.68. The molecule has 0 aromatic rings. The van der Waals surface area contributed by atoms with Crippen LogP contribution in [-0.4, -0.2) is 8.11 Å². The predicted octanol–water partition coefficient (Wildman–Crippen LogP) is 3.77. The molecule has 0 N–H and O–H groups in total. The molecular formula is C10H8FeO2P2. The minimum absolute atomic E-state index is 0.273. The average molecular weight is 278 g/mol. The van der Waals surface area contributed by atoms with Crippen LogP contribution < -0.4 is 0 Å². The fraction of sp³-hybridized carbons (Fsp3) is 1.00. The Balaban J connectivity index is 1.98. The van der Waals surface area contributed by atoms with E-state index >= 15 is 0 Å². The standard InChI is InChI=1S/C5H3O2P2.C5H5.Fe/c6-8-4-2-1-3-5(4)9-7;1-2-4-5-3-1;/h1-3H;1-5H;. The molecule has 10 heterocycles. The fourth-order valence-corrected chi connectivity index (χ4v) is 109. The normalized spacial score (nSPS) is 139. The Hall–Kier alpha value is 0.719. The van der Waals surface area contributed by atoms with E-state index in [1.807, 2.05) is 0 Å². The van der Waals surface area contributed by atoms with Crippen molar-refractivity contribution >= 4 is 16.9 Å². The zero-order valence-corrected chi connectivity index (χ0v) is 10.6. The molecule has 0 aliphatic carbocycles. The van der Waals surface area contributed by atoms with Gasteiger partial charge in [-0.05, 0) is 0 Å². The Morgan fingerprint density at radius 1 is 0.733 bits per heavy atom. The molecule has 4 atom stereocenters. The summed E-state index contributed by atoms with van der Waals surface area (Å²) in [6.07, 6.45) is 0. The van der Waals surface area contributed by atoms with Crippen LogP contribution in [0.25, 0.3) is 0 Å². The molecule has 10 rings (SSSR count). The first-order valence-electron chi connectivity index (χ1n) is 5.96. The van der Waals surface area contributed by atoms with E-state index in [-0.39, 0.29) is 8.11 Å². The molecule has 10 saturated heterocycles. The van der Waals surface area contributed by atoms with E-state index in [4.69, 9.17) is 0 Å². The molecule has 0 saturated carbocycles. The van der Waals surface area contributed by atoms with E-state index in [0.29, 0.717) is 16.9 Å². The summed E-state index contributed by atoms with van der Waals surface area (Å²) in [6.45, 7) is -3.37. The monoisotopic (exact) mass is 278 g/mol. The maximum atomic E-state index is 11.9. The van der Waals surface area contributed by atoms with Crippen molar-refractivity contribution in [2.45, 2.75) is 46.6 Å². The molecule has 0 aromatic heterocycles. The van der Waals surface area contributed by atoms with E-state index < -0.39 is 6.51 Å². The summed E-state index contributed by atoms with van der Waals surface area (Å²) < 4.78 is 24.4. The Morgan fingerprint density at radius 2 is 1.13 bits per heavy atom. The number of hydrogen-bond acceptors (Lipinski definition) is 2. The first-order valence-corrected chi connectivity index (χ1v) is 13.8. The van der Waals surface area contributed by atoms with Crippen molar-refractivity contribution in [1.82, 2.24) is 0 Å². The molecule has 1 spiro atoms. The third kappa shape index (κ3) is 0.0436. The second-order valence-corrected chi connectivity index (χ2v) is 35.6. The summed E-state index contributed by atoms with van der Waals surface area (Å²) >= 11 is 0. The van der Waals surface area contributed by atoms with Crippen LogP contribution in [0.15, 0.2) is 0 Å². The van der Waals surface area contributed by atoms with Gasteiger partial charge in [-0.1, -0.05) is 0 Å². The summed E-state index contributed by atoms with van der Waals surface area (Å²) in [4.78, 5) is 8.72. The van der Waals surface area contributed by atoms with Crippen LogP contribution in [0.2, 0.25) is 38.5 Å². The Bertz CT molecular complexity index is 915. The van der Waals surface area contributed by atoms with E-state index in [1.165, 1.54) is 0 Å². The Labute approximate surface area is 79.2 Å². The topological polar surface area (TPSA) is 34.1 Å². The molecule has 0 radical (unpaired) electrons. The molecule has 5 heteroatoms. The van der Waals surface area contributed by atoms with Gasteiger partial charge in [-0.25, -0.2) is 0 Å². The average Bonchev–Trinajstić information content (AvgIpc) is 3.21. The SMILES string of the molecule is O=P[C]12[CH]3[CH]4[CH]5[C]1(P=O)[Fe]43521678[CH]2[CH]1[CH]6[CH]7[CH]28. The van der Waals surface area contributed by atoms with Gasteiger partial charge in [0.05, 0.1) is 0 Å². The number of rotatable bonds is 2. The zero-order chi connectivity index (χ0) is 9.35. The van der Waals surface area contributed by atoms with E-state index in [1.54, 1.807) is 0 Å². The second kappa shape index (κ2) is 0.395. The number of hydrogen-bond donors (Lipinski definition) is 0. The van der Waals surface area contributed by atoms with Gasteiger partial charge in [0.1, 0.15) is 0 Å². The van der Waals surface area contributed by atoms with Gasteiger partial charge >= 0.3 is 79.2 Å². The van der Waals surface area contributed by atoms with Crippen LogP contribution in [0, 0.1) is 0 Å². The van der Waals surface area contributed by atoms with E-state index in [0.717, 1.165) is 38.5 Å². The second-order valence-electron chi connectivity index (χ2n) is 9.86. The predicted molar refractivity (Wildman–Crippen MR) is 50.7 cm³/mol. The first-order chi connectivity index (χ1) is 7.06. The van der Waals surface area contributed by atoms with Crippen LogP contribution in [0.3, 0.4) is 0 Å². The molecule has 0 aromatic carbocycles. The van der Waals surface area contributed by atoms with Gasteiger partial charge in [0.2, 0.25) is 0 Å². The van der Waals surface area contributed by atoms with Crippen LogP contribution in [-0.2, 0) is 15.6 Å². The van der Waals surface area contributed by atoms with Crippen molar-refractivity contribution in [2.24, 2.45) is 0 Å². The molecule has 2 nitrogen and oxygen atoms in total. The summed E-state index contributed by atoms with van der Waals surface area (Å²) in [5, 5.41) is 0. The molecule has 10 aliphatic rings. The molecular weight excluding hydrogens is 270 g/mol. The van der Waals surface area contributed by atoms with Gasteiger partial charge in [0, 0.05) is 0 Å². The molecule has 15 heavy (non-hydrogen) atoms. The molecule has 10 fully saturated rings. The third-order valence-electron chi connectivity index (χ3n) is 15.0. The minimum atomic E-state index is -3.37. The van der Waals surface area contributed by atoms with Gasteiger partial charge in [-0.2, -0.15) is 0 Å². The van der Waals surface area contributed by atoms with Gasteiger partial charge in [-0.15, -0.1) is 0 Å². The maximum absolute atomic E-state index is 11.9. The summed E-state index contributed by atoms with van der Waals surface area (Å²) in [5.74, 6) is 0. The van der Waals surface area contributed by atoms with Crippen LogP contribution >= 0.6 is 16.9 Å². The van der Waals surface area contributed by atoms with Crippen molar-refractivity contribution in [3.63, 3.8) is 0 Å². The van der Waals surface area contributed by atoms with Crippen molar-refractivity contribution in [3.8, 4) is 0 Å². The third-order valence-corrected chi connectivity index (χ3v) is 67.0. The molecule has 10 aliphatic heterocycles. The van der Waals surface area contributed by atoms with E-state index in [9.17, 15) is 9.13 Å². The van der Waals surface area contributed by atoms with Gasteiger partial charge < -0.3 is 0 Å². The van der Waals surface area contributed by atoms with Crippen LogP contribution in [0.5, 0.6) is 0 Å². The summed E-state index contributed by atoms with van der Waals surface area (Å²) in [6, 6.07) is 0. The van der Waals surface area contributed by atoms with Gasteiger partial charge in [-0.3, -0.25) is 0 Å². The number of fused-ring (bicyclic) bond motifs is 10.